The number of rotatable bonds is 3. The van der Waals surface area contributed by atoms with Crippen molar-refractivity contribution in [1.82, 2.24) is 0 Å². The van der Waals surface area contributed by atoms with Gasteiger partial charge in [-0.2, -0.15) is 0 Å². The highest BCUT2D eigenvalue weighted by molar-refractivity contribution is 8.00. The predicted octanol–water partition coefficient (Wildman–Crippen LogP) is 2.92. The molecule has 0 unspecified atom stereocenters. The number of hydrogen-bond donors (Lipinski definition) is 1. The van der Waals surface area contributed by atoms with Gasteiger partial charge in [-0.3, -0.25) is 4.79 Å². The summed E-state index contributed by atoms with van der Waals surface area (Å²) in [7, 11) is 1.64. The first-order valence-electron chi connectivity index (χ1n) is 6.63. The summed E-state index contributed by atoms with van der Waals surface area (Å²) in [6.45, 7) is 0.542. The van der Waals surface area contributed by atoms with Crippen LogP contribution in [0, 0.1) is 0 Å². The Kier molecular flexibility index (Phi) is 3.75. The van der Waals surface area contributed by atoms with Crippen LogP contribution in [0.15, 0.2) is 47.4 Å². The van der Waals surface area contributed by atoms with Crippen molar-refractivity contribution < 1.29 is 9.53 Å². The summed E-state index contributed by atoms with van der Waals surface area (Å²) in [4.78, 5) is 15.1. The van der Waals surface area contributed by atoms with E-state index in [-0.39, 0.29) is 5.91 Å². The number of thioether (sulfide) groups is 1. The van der Waals surface area contributed by atoms with E-state index in [1.54, 1.807) is 23.8 Å². The molecule has 21 heavy (non-hydrogen) atoms. The van der Waals surface area contributed by atoms with E-state index < -0.39 is 0 Å². The summed E-state index contributed by atoms with van der Waals surface area (Å²) in [5, 5.41) is 0. The Morgan fingerprint density at radius 3 is 2.71 bits per heavy atom. The smallest absolute Gasteiger partial charge is 0.237 e. The fraction of sp³-hybridized carbons (Fsp3) is 0.188. The lowest BCUT2D eigenvalue weighted by Gasteiger charge is -2.29. The predicted molar refractivity (Wildman–Crippen MR) is 85.8 cm³/mol. The molecule has 0 saturated heterocycles. The molecule has 1 aliphatic rings. The molecule has 2 N–H and O–H groups in total. The molecule has 2 aromatic rings. The highest BCUT2D eigenvalue weighted by atomic mass is 32.2. The fourth-order valence-electron chi connectivity index (χ4n) is 2.31. The molecule has 0 aromatic heterocycles. The first-order valence-corrected chi connectivity index (χ1v) is 7.61. The minimum Gasteiger partial charge on any atom is -0.497 e. The molecule has 108 valence electrons. The van der Waals surface area contributed by atoms with E-state index in [4.69, 9.17) is 10.5 Å². The normalized spacial score (nSPS) is 14.0. The van der Waals surface area contributed by atoms with Crippen molar-refractivity contribution in [3.63, 3.8) is 0 Å². The Balaban J connectivity index is 1.90. The lowest BCUT2D eigenvalue weighted by atomic mass is 10.1. The molecule has 4 nitrogen and oxygen atoms in total. The number of carbonyl (C=O) groups excluding carboxylic acids is 1. The number of anilines is 2. The second-order valence-electron chi connectivity index (χ2n) is 4.84. The molecule has 0 spiro atoms. The van der Waals surface area contributed by atoms with Crippen LogP contribution >= 0.6 is 11.8 Å². The molecule has 0 radical (unpaired) electrons. The van der Waals surface area contributed by atoms with E-state index >= 15 is 0 Å². The van der Waals surface area contributed by atoms with Crippen LogP contribution in [0.3, 0.4) is 0 Å². The summed E-state index contributed by atoms with van der Waals surface area (Å²) in [5.41, 5.74) is 8.48. The van der Waals surface area contributed by atoms with Gasteiger partial charge in [-0.25, -0.2) is 0 Å². The molecule has 1 amide bonds. The van der Waals surface area contributed by atoms with Crippen molar-refractivity contribution >= 4 is 29.0 Å². The molecule has 0 saturated carbocycles. The van der Waals surface area contributed by atoms with Crippen LogP contribution in [0.5, 0.6) is 5.75 Å². The van der Waals surface area contributed by atoms with E-state index in [9.17, 15) is 4.79 Å². The summed E-state index contributed by atoms with van der Waals surface area (Å²) in [5.74, 6) is 1.38. The molecule has 3 rings (SSSR count). The maximum atomic E-state index is 12.2. The maximum absolute atomic E-state index is 12.2. The molecule has 0 bridgehead atoms. The molecular formula is C16H16N2O2S. The molecule has 5 heteroatoms. The molecule has 2 aromatic carbocycles. The van der Waals surface area contributed by atoms with Gasteiger partial charge < -0.3 is 15.4 Å². The van der Waals surface area contributed by atoms with Crippen LogP contribution in [0.4, 0.5) is 11.4 Å². The molecule has 0 fully saturated rings. The summed E-state index contributed by atoms with van der Waals surface area (Å²) < 4.78 is 5.15. The number of fused-ring (bicyclic) bond motifs is 1. The van der Waals surface area contributed by atoms with E-state index in [2.05, 4.69) is 0 Å². The van der Waals surface area contributed by atoms with Gasteiger partial charge in [-0.15, -0.1) is 11.8 Å². The zero-order valence-electron chi connectivity index (χ0n) is 11.7. The Bertz CT molecular complexity index is 670. The zero-order chi connectivity index (χ0) is 14.8. The van der Waals surface area contributed by atoms with Crippen molar-refractivity contribution in [2.24, 2.45) is 0 Å². The van der Waals surface area contributed by atoms with Crippen LogP contribution in [-0.4, -0.2) is 18.8 Å². The second kappa shape index (κ2) is 5.69. The highest BCUT2D eigenvalue weighted by Gasteiger charge is 2.24. The SMILES string of the molecule is COc1ccc(CN2C(=O)CSc3ccc(N)cc32)cc1. The number of nitrogens with zero attached hydrogens (tertiary/aromatic N) is 1. The number of methoxy groups -OCH3 is 1. The van der Waals surface area contributed by atoms with Crippen LogP contribution in [-0.2, 0) is 11.3 Å². The maximum Gasteiger partial charge on any atom is 0.237 e. The van der Waals surface area contributed by atoms with Gasteiger partial charge in [0.2, 0.25) is 5.91 Å². The third-order valence-electron chi connectivity index (χ3n) is 3.43. The summed E-state index contributed by atoms with van der Waals surface area (Å²) in [6.07, 6.45) is 0. The van der Waals surface area contributed by atoms with Gasteiger partial charge in [0, 0.05) is 10.6 Å². The standard InChI is InChI=1S/C16H16N2O2S/c1-20-13-5-2-11(3-6-13)9-18-14-8-12(17)4-7-15(14)21-10-16(18)19/h2-8H,9-10,17H2,1H3. The number of carbonyl (C=O) groups is 1. The number of nitrogens with two attached hydrogens (primary N) is 1. The number of nitrogen functional groups attached to an aromatic ring is 1. The summed E-state index contributed by atoms with van der Waals surface area (Å²) >= 11 is 1.56. The average molecular weight is 300 g/mol. The minimum absolute atomic E-state index is 0.105. The van der Waals surface area contributed by atoms with Crippen LogP contribution in [0.2, 0.25) is 0 Å². The van der Waals surface area contributed by atoms with Crippen LogP contribution in [0.25, 0.3) is 0 Å². The lowest BCUT2D eigenvalue weighted by Crippen LogP contribution is -2.34. The van der Waals surface area contributed by atoms with Gasteiger partial charge in [0.1, 0.15) is 5.75 Å². The largest absolute Gasteiger partial charge is 0.497 e. The van der Waals surface area contributed by atoms with Gasteiger partial charge in [-0.1, -0.05) is 12.1 Å². The molecule has 1 heterocycles. The van der Waals surface area contributed by atoms with E-state index in [0.717, 1.165) is 21.9 Å². The van der Waals surface area contributed by atoms with Gasteiger partial charge in [0.25, 0.3) is 0 Å². The third kappa shape index (κ3) is 2.83. The Morgan fingerprint density at radius 2 is 2.00 bits per heavy atom. The number of ether oxygens (including phenoxy) is 1. The molecule has 0 aliphatic carbocycles. The first kappa shape index (κ1) is 13.8. The monoisotopic (exact) mass is 300 g/mol. The zero-order valence-corrected chi connectivity index (χ0v) is 12.5. The number of benzene rings is 2. The Hall–Kier alpha value is -2.14. The Morgan fingerprint density at radius 1 is 1.24 bits per heavy atom. The minimum atomic E-state index is 0.105. The van der Waals surface area contributed by atoms with Crippen molar-refractivity contribution in [1.29, 1.82) is 0 Å². The van der Waals surface area contributed by atoms with Crippen molar-refractivity contribution in [2.45, 2.75) is 11.4 Å². The molecule has 0 atom stereocenters. The third-order valence-corrected chi connectivity index (χ3v) is 4.47. The van der Waals surface area contributed by atoms with Gasteiger partial charge in [0.05, 0.1) is 25.1 Å². The summed E-state index contributed by atoms with van der Waals surface area (Å²) in [6, 6.07) is 13.5. The van der Waals surface area contributed by atoms with E-state index in [0.29, 0.717) is 18.0 Å². The van der Waals surface area contributed by atoms with E-state index in [1.807, 2.05) is 42.5 Å². The van der Waals surface area contributed by atoms with Crippen LogP contribution in [0.1, 0.15) is 5.56 Å². The highest BCUT2D eigenvalue weighted by Crippen LogP contribution is 2.37. The van der Waals surface area contributed by atoms with E-state index in [1.165, 1.54) is 0 Å². The quantitative estimate of drug-likeness (QED) is 0.886. The molecular weight excluding hydrogens is 284 g/mol. The van der Waals surface area contributed by atoms with Crippen molar-refractivity contribution in [2.75, 3.05) is 23.5 Å². The average Bonchev–Trinajstić information content (AvgIpc) is 2.51. The van der Waals surface area contributed by atoms with Crippen molar-refractivity contribution in [3.8, 4) is 5.75 Å². The van der Waals surface area contributed by atoms with Gasteiger partial charge in [0.15, 0.2) is 0 Å². The lowest BCUT2D eigenvalue weighted by molar-refractivity contribution is -0.116. The Labute approximate surface area is 127 Å². The second-order valence-corrected chi connectivity index (χ2v) is 5.86. The van der Waals surface area contributed by atoms with Gasteiger partial charge >= 0.3 is 0 Å². The van der Waals surface area contributed by atoms with Crippen molar-refractivity contribution in [3.05, 3.63) is 48.0 Å². The number of hydrogen-bond acceptors (Lipinski definition) is 4. The topological polar surface area (TPSA) is 55.6 Å². The molecule has 1 aliphatic heterocycles. The van der Waals surface area contributed by atoms with Gasteiger partial charge in [-0.05, 0) is 35.9 Å². The van der Waals surface area contributed by atoms with Crippen LogP contribution < -0.4 is 15.4 Å². The number of amides is 1. The fourth-order valence-corrected chi connectivity index (χ4v) is 3.22. The first-order chi connectivity index (χ1) is 10.2.